The molecule has 2 aromatic rings. The van der Waals surface area contributed by atoms with Gasteiger partial charge in [-0.05, 0) is 24.5 Å². The van der Waals surface area contributed by atoms with Gasteiger partial charge >= 0.3 is 5.97 Å². The predicted octanol–water partition coefficient (Wildman–Crippen LogP) is 4.73. The Bertz CT molecular complexity index is 788. The smallest absolute Gasteiger partial charge is 0.304 e. The van der Waals surface area contributed by atoms with Crippen LogP contribution >= 0.6 is 0 Å². The number of amides is 1. The van der Waals surface area contributed by atoms with Crippen LogP contribution in [0.4, 0.5) is 0 Å². The fraction of sp³-hybridized carbons (Fsp3) is 0.609. The van der Waals surface area contributed by atoms with Gasteiger partial charge < -0.3 is 14.9 Å². The number of pyridine rings is 1. The van der Waals surface area contributed by atoms with Crippen molar-refractivity contribution >= 4 is 11.9 Å². The first-order chi connectivity index (χ1) is 15.1. The Morgan fingerprint density at radius 3 is 2.68 bits per heavy atom. The number of carbonyl (C=O) groups excluding carboxylic acids is 1. The Morgan fingerprint density at radius 2 is 2.00 bits per heavy atom. The van der Waals surface area contributed by atoms with E-state index in [1.54, 1.807) is 24.4 Å². The number of aliphatic carboxylic acids is 1. The van der Waals surface area contributed by atoms with E-state index in [2.05, 4.69) is 20.4 Å². The highest BCUT2D eigenvalue weighted by atomic mass is 16.5. The van der Waals surface area contributed by atoms with Crippen molar-refractivity contribution in [2.75, 3.05) is 0 Å². The first kappa shape index (κ1) is 24.5. The van der Waals surface area contributed by atoms with Crippen molar-refractivity contribution in [3.05, 3.63) is 41.8 Å². The van der Waals surface area contributed by atoms with Crippen molar-refractivity contribution in [1.82, 2.24) is 20.4 Å². The zero-order valence-corrected chi connectivity index (χ0v) is 18.5. The van der Waals surface area contributed by atoms with Gasteiger partial charge in [-0.15, -0.1) is 0 Å². The Hall–Kier alpha value is -2.77. The van der Waals surface area contributed by atoms with Crippen molar-refractivity contribution in [3.8, 4) is 0 Å². The molecule has 1 unspecified atom stereocenters. The van der Waals surface area contributed by atoms with Crippen molar-refractivity contribution < 1.29 is 19.2 Å². The highest BCUT2D eigenvalue weighted by Crippen LogP contribution is 2.31. The molecule has 2 heterocycles. The summed E-state index contributed by atoms with van der Waals surface area (Å²) in [7, 11) is 0. The average Bonchev–Trinajstić information content (AvgIpc) is 3.28. The summed E-state index contributed by atoms with van der Waals surface area (Å²) < 4.78 is 5.32. The zero-order valence-electron chi connectivity index (χ0n) is 18.5. The number of carboxylic acids is 1. The fourth-order valence-corrected chi connectivity index (χ4v) is 3.90. The van der Waals surface area contributed by atoms with Crippen LogP contribution in [-0.4, -0.2) is 32.1 Å². The minimum absolute atomic E-state index is 0.0351. The third-order valence-corrected chi connectivity index (χ3v) is 5.45. The molecule has 2 N–H and O–H groups in total. The van der Waals surface area contributed by atoms with E-state index in [0.29, 0.717) is 23.8 Å². The second-order valence-corrected chi connectivity index (χ2v) is 7.68. The number of nitrogens with zero attached hydrogens (tertiary/aromatic N) is 3. The minimum atomic E-state index is -0.879. The van der Waals surface area contributed by atoms with Gasteiger partial charge in [0.2, 0.25) is 5.89 Å². The van der Waals surface area contributed by atoms with Crippen molar-refractivity contribution in [1.29, 1.82) is 0 Å². The highest BCUT2D eigenvalue weighted by Gasteiger charge is 2.23. The fourth-order valence-electron chi connectivity index (χ4n) is 3.90. The van der Waals surface area contributed by atoms with Gasteiger partial charge in [-0.2, -0.15) is 4.98 Å². The first-order valence-electron chi connectivity index (χ1n) is 11.4. The Kier molecular flexibility index (Phi) is 10.7. The molecule has 0 saturated heterocycles. The second kappa shape index (κ2) is 13.5. The molecule has 1 aliphatic carbocycles. The molecule has 0 bridgehead atoms. The molecule has 31 heavy (non-hydrogen) atoms. The summed E-state index contributed by atoms with van der Waals surface area (Å²) in [6.07, 6.45) is 10.8. The predicted molar refractivity (Wildman–Crippen MR) is 116 cm³/mol. The van der Waals surface area contributed by atoms with E-state index in [4.69, 9.17) is 4.52 Å². The maximum Gasteiger partial charge on any atom is 0.304 e. The van der Waals surface area contributed by atoms with Crippen molar-refractivity contribution in [2.45, 2.75) is 84.1 Å². The molecule has 0 aromatic carbocycles. The summed E-state index contributed by atoms with van der Waals surface area (Å²) in [5, 5.41) is 15.8. The average molecular weight is 431 g/mol. The summed E-state index contributed by atoms with van der Waals surface area (Å²) in [6.45, 7) is 4.10. The standard InChI is InChI=1S/C21H28N4O4.C2H6/c26-19(27)13-16(10-6-9-15-7-2-1-3-8-15)21-24-18(25-29-21)14-23-20(28)17-11-4-5-12-22-17;1-2/h4-5,11-12,15-16H,1-3,6-10,13-14H2,(H,23,28)(H,26,27);1-2H3. The normalized spacial score (nSPS) is 14.9. The van der Waals surface area contributed by atoms with E-state index in [-0.39, 0.29) is 24.8 Å². The highest BCUT2D eigenvalue weighted by molar-refractivity contribution is 5.92. The summed E-state index contributed by atoms with van der Waals surface area (Å²) >= 11 is 0. The van der Waals surface area contributed by atoms with E-state index < -0.39 is 5.97 Å². The molecule has 0 aliphatic heterocycles. The van der Waals surface area contributed by atoms with Crippen LogP contribution in [0.5, 0.6) is 0 Å². The molecule has 170 valence electrons. The van der Waals surface area contributed by atoms with Crippen LogP contribution in [0.1, 0.15) is 99.8 Å². The summed E-state index contributed by atoms with van der Waals surface area (Å²) in [4.78, 5) is 31.6. The lowest BCUT2D eigenvalue weighted by molar-refractivity contribution is -0.137. The Balaban J connectivity index is 0.00000166. The number of carbonyl (C=O) groups is 2. The van der Waals surface area contributed by atoms with Crippen LogP contribution in [-0.2, 0) is 11.3 Å². The van der Waals surface area contributed by atoms with Gasteiger partial charge in [0.05, 0.1) is 13.0 Å². The molecule has 2 aromatic heterocycles. The van der Waals surface area contributed by atoms with Crippen molar-refractivity contribution in [3.63, 3.8) is 0 Å². The molecule has 0 spiro atoms. The summed E-state index contributed by atoms with van der Waals surface area (Å²) in [6, 6.07) is 5.09. The molecule has 3 rings (SSSR count). The monoisotopic (exact) mass is 430 g/mol. The molecule has 1 fully saturated rings. The molecule has 1 aliphatic rings. The van der Waals surface area contributed by atoms with Crippen LogP contribution < -0.4 is 5.32 Å². The molecule has 0 radical (unpaired) electrons. The maximum atomic E-state index is 12.1. The third kappa shape index (κ3) is 8.47. The van der Waals surface area contributed by atoms with Gasteiger partial charge in [0.1, 0.15) is 5.69 Å². The van der Waals surface area contributed by atoms with Crippen LogP contribution in [0.2, 0.25) is 0 Å². The van der Waals surface area contributed by atoms with E-state index in [1.807, 2.05) is 13.8 Å². The van der Waals surface area contributed by atoms with Gasteiger partial charge in [0.15, 0.2) is 5.82 Å². The maximum absolute atomic E-state index is 12.1. The Morgan fingerprint density at radius 1 is 1.23 bits per heavy atom. The van der Waals surface area contributed by atoms with Crippen LogP contribution in [0.25, 0.3) is 0 Å². The van der Waals surface area contributed by atoms with Crippen LogP contribution in [0.15, 0.2) is 28.9 Å². The zero-order chi connectivity index (χ0) is 22.5. The van der Waals surface area contributed by atoms with E-state index in [0.717, 1.165) is 18.8 Å². The van der Waals surface area contributed by atoms with Gasteiger partial charge in [-0.3, -0.25) is 14.6 Å². The number of nitrogens with one attached hydrogen (secondary N) is 1. The number of carboxylic acid groups (broad SMARTS) is 1. The molecular weight excluding hydrogens is 396 g/mol. The SMILES string of the molecule is CC.O=C(O)CC(CCCC1CCCCC1)c1nc(CNC(=O)c2ccccn2)no1. The molecule has 8 heteroatoms. The summed E-state index contributed by atoms with van der Waals surface area (Å²) in [5.41, 5.74) is 0.308. The molecule has 8 nitrogen and oxygen atoms in total. The lowest BCUT2D eigenvalue weighted by atomic mass is 9.84. The molecule has 1 amide bonds. The number of rotatable bonds is 10. The van der Waals surface area contributed by atoms with Gasteiger partial charge in [0, 0.05) is 12.1 Å². The quantitative estimate of drug-likeness (QED) is 0.559. The van der Waals surface area contributed by atoms with Crippen LogP contribution in [0, 0.1) is 5.92 Å². The third-order valence-electron chi connectivity index (χ3n) is 5.45. The molecule has 1 atom stereocenters. The topological polar surface area (TPSA) is 118 Å². The van der Waals surface area contributed by atoms with Gasteiger partial charge in [0.25, 0.3) is 5.91 Å². The molecule has 1 saturated carbocycles. The van der Waals surface area contributed by atoms with Crippen LogP contribution in [0.3, 0.4) is 0 Å². The van der Waals surface area contributed by atoms with Gasteiger partial charge in [-0.25, -0.2) is 0 Å². The van der Waals surface area contributed by atoms with E-state index in [1.165, 1.54) is 32.1 Å². The Labute approximate surface area is 183 Å². The van der Waals surface area contributed by atoms with Gasteiger partial charge in [-0.1, -0.05) is 70.0 Å². The lowest BCUT2D eigenvalue weighted by Gasteiger charge is -2.21. The second-order valence-electron chi connectivity index (χ2n) is 7.68. The molecular formula is C23H34N4O4. The largest absolute Gasteiger partial charge is 0.481 e. The first-order valence-corrected chi connectivity index (χ1v) is 11.4. The van der Waals surface area contributed by atoms with E-state index >= 15 is 0 Å². The summed E-state index contributed by atoms with van der Waals surface area (Å²) in [5.74, 6) is -0.0921. The minimum Gasteiger partial charge on any atom is -0.481 e. The number of hydrogen-bond donors (Lipinski definition) is 2. The van der Waals surface area contributed by atoms with Crippen molar-refractivity contribution in [2.24, 2.45) is 5.92 Å². The number of aromatic nitrogens is 3. The van der Waals surface area contributed by atoms with E-state index in [9.17, 15) is 14.7 Å². The number of hydrogen-bond acceptors (Lipinski definition) is 6. The lowest BCUT2D eigenvalue weighted by Crippen LogP contribution is -2.24.